The van der Waals surface area contributed by atoms with E-state index in [0.29, 0.717) is 0 Å². The molecule has 0 saturated heterocycles. The summed E-state index contributed by atoms with van der Waals surface area (Å²) in [6.45, 7) is 3.35. The summed E-state index contributed by atoms with van der Waals surface area (Å²) < 4.78 is 0. The van der Waals surface area contributed by atoms with Crippen molar-refractivity contribution >= 4 is 17.7 Å². The second kappa shape index (κ2) is 4.59. The van der Waals surface area contributed by atoms with Crippen LogP contribution in [-0.4, -0.2) is 38.9 Å². The molecule has 6 heteroatoms. The first-order valence-electron chi connectivity index (χ1n) is 3.97. The summed E-state index contributed by atoms with van der Waals surface area (Å²) in [6.07, 6.45) is 0. The third-order valence-electron chi connectivity index (χ3n) is 1.84. The lowest BCUT2D eigenvalue weighted by atomic mass is 9.87. The molecule has 0 aromatic rings. The molecule has 0 unspecified atom stereocenters. The average Bonchev–Trinajstić information content (AvgIpc) is 2.24. The van der Waals surface area contributed by atoms with Crippen LogP contribution >= 0.6 is 0 Å². The van der Waals surface area contributed by atoms with Crippen molar-refractivity contribution in [3.63, 3.8) is 0 Å². The van der Waals surface area contributed by atoms with Gasteiger partial charge in [-0.3, -0.25) is 14.4 Å². The maximum atomic E-state index is 11.3. The maximum absolute atomic E-state index is 11.3. The van der Waals surface area contributed by atoms with Crippen LogP contribution in [-0.2, 0) is 14.4 Å². The van der Waals surface area contributed by atoms with Gasteiger partial charge in [-0.05, 0) is 6.92 Å². The van der Waals surface area contributed by atoms with E-state index >= 15 is 0 Å². The Morgan fingerprint density at radius 3 is 1.21 bits per heavy atom. The van der Waals surface area contributed by atoms with Crippen molar-refractivity contribution < 1.29 is 14.4 Å². The summed E-state index contributed by atoms with van der Waals surface area (Å²) in [7, 11) is 3.98. The van der Waals surface area contributed by atoms with Crippen molar-refractivity contribution in [3.05, 3.63) is 6.92 Å². The first-order chi connectivity index (χ1) is 6.44. The van der Waals surface area contributed by atoms with E-state index in [1.165, 1.54) is 21.1 Å². The molecule has 6 nitrogen and oxygen atoms in total. The smallest absolute Gasteiger partial charge is 0.245 e. The highest BCUT2D eigenvalue weighted by molar-refractivity contribution is 6.23. The van der Waals surface area contributed by atoms with Crippen LogP contribution in [0.5, 0.6) is 0 Å². The lowest BCUT2D eigenvalue weighted by Gasteiger charge is -2.23. The van der Waals surface area contributed by atoms with Crippen molar-refractivity contribution in [2.24, 2.45) is 5.41 Å². The van der Waals surface area contributed by atoms with Crippen LogP contribution in [0.2, 0.25) is 0 Å². The normalized spacial score (nSPS) is 10.3. The van der Waals surface area contributed by atoms with Gasteiger partial charge in [0.15, 0.2) is 0 Å². The van der Waals surface area contributed by atoms with Crippen molar-refractivity contribution in [3.8, 4) is 0 Å². The first-order valence-corrected chi connectivity index (χ1v) is 3.97. The number of hydrogen-bond acceptors (Lipinski definition) is 3. The van der Waals surface area contributed by atoms with Crippen molar-refractivity contribution in [2.75, 3.05) is 21.1 Å². The van der Waals surface area contributed by atoms with E-state index in [9.17, 15) is 14.4 Å². The molecule has 14 heavy (non-hydrogen) atoms. The zero-order valence-corrected chi connectivity index (χ0v) is 8.43. The summed E-state index contributed by atoms with van der Waals surface area (Å²) in [5.74, 6) is -2.26. The molecule has 0 saturated carbocycles. The van der Waals surface area contributed by atoms with Crippen LogP contribution < -0.4 is 16.0 Å². The molecular weight excluding hydrogens is 186 g/mol. The molecule has 3 amide bonds. The van der Waals surface area contributed by atoms with Gasteiger partial charge in [-0.2, -0.15) is 0 Å². The molecule has 1 radical (unpaired) electrons. The summed E-state index contributed by atoms with van der Waals surface area (Å²) in [6, 6.07) is 0. The highest BCUT2D eigenvalue weighted by Crippen LogP contribution is 2.16. The fourth-order valence-electron chi connectivity index (χ4n) is 0.950. The van der Waals surface area contributed by atoms with E-state index in [1.54, 1.807) is 0 Å². The molecule has 0 aromatic carbocycles. The fourth-order valence-corrected chi connectivity index (χ4v) is 0.950. The van der Waals surface area contributed by atoms with E-state index in [0.717, 1.165) is 0 Å². The van der Waals surface area contributed by atoms with E-state index < -0.39 is 23.1 Å². The highest BCUT2D eigenvalue weighted by atomic mass is 16.2. The van der Waals surface area contributed by atoms with E-state index in [2.05, 4.69) is 22.9 Å². The van der Waals surface area contributed by atoms with E-state index in [4.69, 9.17) is 0 Å². The topological polar surface area (TPSA) is 87.3 Å². The first kappa shape index (κ1) is 12.4. The van der Waals surface area contributed by atoms with Gasteiger partial charge in [0.2, 0.25) is 23.1 Å². The highest BCUT2D eigenvalue weighted by Gasteiger charge is 2.47. The summed E-state index contributed by atoms with van der Waals surface area (Å²) in [5, 5.41) is 6.64. The molecule has 0 aliphatic rings. The van der Waals surface area contributed by atoms with Gasteiger partial charge in [0.1, 0.15) is 0 Å². The summed E-state index contributed by atoms with van der Waals surface area (Å²) in [5.41, 5.74) is -1.97. The van der Waals surface area contributed by atoms with Gasteiger partial charge in [0, 0.05) is 21.1 Å². The van der Waals surface area contributed by atoms with Gasteiger partial charge in [0.25, 0.3) is 0 Å². The Bertz CT molecular complexity index is 222. The molecule has 0 heterocycles. The largest absolute Gasteiger partial charge is 0.358 e. The van der Waals surface area contributed by atoms with Crippen LogP contribution in [0.15, 0.2) is 0 Å². The monoisotopic (exact) mass is 200 g/mol. The van der Waals surface area contributed by atoms with Crippen LogP contribution in [0.1, 0.15) is 0 Å². The second-order valence-corrected chi connectivity index (χ2v) is 2.64. The minimum Gasteiger partial charge on any atom is -0.358 e. The van der Waals surface area contributed by atoms with Crippen molar-refractivity contribution in [2.45, 2.75) is 0 Å². The Morgan fingerprint density at radius 2 is 1.07 bits per heavy atom. The Morgan fingerprint density at radius 1 is 0.857 bits per heavy atom. The van der Waals surface area contributed by atoms with Crippen LogP contribution in [0.25, 0.3) is 0 Å². The number of carbonyl (C=O) groups is 3. The van der Waals surface area contributed by atoms with E-state index in [-0.39, 0.29) is 0 Å². The van der Waals surface area contributed by atoms with Crippen LogP contribution in [0, 0.1) is 12.3 Å². The maximum Gasteiger partial charge on any atom is 0.245 e. The Kier molecular flexibility index (Phi) is 4.07. The zero-order valence-electron chi connectivity index (χ0n) is 8.43. The average molecular weight is 200 g/mol. The molecule has 0 atom stereocenters. The minimum absolute atomic E-state index is 0.754. The van der Waals surface area contributed by atoms with Gasteiger partial charge >= 0.3 is 0 Å². The molecule has 0 bridgehead atoms. The molecule has 0 aromatic heterocycles. The fraction of sp³-hybridized carbons (Fsp3) is 0.500. The van der Waals surface area contributed by atoms with Gasteiger partial charge in [0.05, 0.1) is 0 Å². The number of amides is 3. The Balaban J connectivity index is 5.14. The predicted molar refractivity (Wildman–Crippen MR) is 50.0 cm³/mol. The second-order valence-electron chi connectivity index (χ2n) is 2.64. The molecule has 0 spiro atoms. The van der Waals surface area contributed by atoms with Gasteiger partial charge < -0.3 is 16.0 Å². The predicted octanol–water partition coefficient (Wildman–Crippen LogP) is -1.96. The third kappa shape index (κ3) is 1.84. The Labute approximate surface area is 82.4 Å². The number of nitrogens with one attached hydrogen (secondary N) is 3. The SMILES string of the molecule is [CH2]C(C(=O)NC)(C(=O)NC)C(=O)NC. The number of hydrogen-bond donors (Lipinski definition) is 3. The quantitative estimate of drug-likeness (QED) is 0.462. The molecule has 0 fully saturated rings. The van der Waals surface area contributed by atoms with Crippen molar-refractivity contribution in [1.29, 1.82) is 0 Å². The molecular formula is C8H14N3O3. The molecule has 0 rings (SSSR count). The van der Waals surface area contributed by atoms with E-state index in [1.807, 2.05) is 0 Å². The minimum atomic E-state index is -1.97. The number of rotatable bonds is 3. The molecule has 3 N–H and O–H groups in total. The molecule has 0 aliphatic heterocycles. The number of carbonyl (C=O) groups excluding carboxylic acids is 3. The summed E-state index contributed by atoms with van der Waals surface area (Å²) in [4.78, 5) is 34.0. The third-order valence-corrected chi connectivity index (χ3v) is 1.84. The van der Waals surface area contributed by atoms with Gasteiger partial charge in [-0.1, -0.05) is 0 Å². The Hall–Kier alpha value is -1.59. The van der Waals surface area contributed by atoms with Gasteiger partial charge in [-0.15, -0.1) is 0 Å². The van der Waals surface area contributed by atoms with Crippen molar-refractivity contribution in [1.82, 2.24) is 16.0 Å². The van der Waals surface area contributed by atoms with Crippen LogP contribution in [0.4, 0.5) is 0 Å². The summed E-state index contributed by atoms with van der Waals surface area (Å²) >= 11 is 0. The van der Waals surface area contributed by atoms with Gasteiger partial charge in [-0.25, -0.2) is 0 Å². The molecule has 0 aliphatic carbocycles. The molecule has 79 valence electrons. The zero-order chi connectivity index (χ0) is 11.4. The standard InChI is InChI=1S/C8H14N3O3/c1-8(5(12)9-2,6(13)10-3)7(14)11-4/h1H2,2-4H3,(H,9,12)(H,10,13)(H,11,14). The van der Waals surface area contributed by atoms with Crippen LogP contribution in [0.3, 0.4) is 0 Å². The lowest BCUT2D eigenvalue weighted by Crippen LogP contribution is -2.56. The lowest BCUT2D eigenvalue weighted by molar-refractivity contribution is -0.148.